The Bertz CT molecular complexity index is 731. The van der Waals surface area contributed by atoms with E-state index in [-0.39, 0.29) is 12.3 Å². The van der Waals surface area contributed by atoms with Crippen molar-refractivity contribution in [1.29, 1.82) is 0 Å². The standard InChI is InChI=1S/C16H18N2O5/c1-10-8-17-13(11(2)16(10)22-4)9-23-14-6-5-12(18(19)20)7-15(14)21-3/h5-8H,9H2,1-4H3. The lowest BCUT2D eigenvalue weighted by Gasteiger charge is -2.14. The molecule has 0 atom stereocenters. The lowest BCUT2D eigenvalue weighted by atomic mass is 10.1. The van der Waals surface area contributed by atoms with E-state index in [0.29, 0.717) is 11.5 Å². The zero-order chi connectivity index (χ0) is 17.0. The molecule has 0 unspecified atom stereocenters. The van der Waals surface area contributed by atoms with Gasteiger partial charge in [0.1, 0.15) is 12.4 Å². The minimum absolute atomic E-state index is 0.0551. The molecule has 7 heteroatoms. The normalized spacial score (nSPS) is 10.3. The number of benzene rings is 1. The van der Waals surface area contributed by atoms with Gasteiger partial charge in [-0.05, 0) is 19.9 Å². The average Bonchev–Trinajstić information content (AvgIpc) is 2.54. The van der Waals surface area contributed by atoms with Crippen LogP contribution >= 0.6 is 0 Å². The maximum absolute atomic E-state index is 10.8. The second-order valence-corrected chi connectivity index (χ2v) is 4.93. The first kappa shape index (κ1) is 16.5. The maximum Gasteiger partial charge on any atom is 0.273 e. The number of non-ortho nitro benzene ring substituents is 1. The third-order valence-corrected chi connectivity index (χ3v) is 3.47. The van der Waals surface area contributed by atoms with Gasteiger partial charge in [0.2, 0.25) is 0 Å². The Kier molecular flexibility index (Phi) is 5.00. The van der Waals surface area contributed by atoms with Crippen molar-refractivity contribution in [3.8, 4) is 17.2 Å². The predicted octanol–water partition coefficient (Wildman–Crippen LogP) is 3.20. The Hall–Kier alpha value is -2.83. The molecule has 2 rings (SSSR count). The third kappa shape index (κ3) is 3.50. The van der Waals surface area contributed by atoms with E-state index in [1.165, 1.54) is 25.3 Å². The summed E-state index contributed by atoms with van der Waals surface area (Å²) in [5.74, 6) is 1.49. The lowest BCUT2D eigenvalue weighted by Crippen LogP contribution is -2.05. The highest BCUT2D eigenvalue weighted by Crippen LogP contribution is 2.32. The van der Waals surface area contributed by atoms with Crippen molar-refractivity contribution in [2.24, 2.45) is 0 Å². The van der Waals surface area contributed by atoms with Gasteiger partial charge in [-0.1, -0.05) is 0 Å². The van der Waals surface area contributed by atoms with E-state index in [0.717, 1.165) is 22.6 Å². The van der Waals surface area contributed by atoms with E-state index in [1.807, 2.05) is 13.8 Å². The first-order valence-corrected chi connectivity index (χ1v) is 6.92. The molecule has 0 N–H and O–H groups in total. The van der Waals surface area contributed by atoms with E-state index < -0.39 is 4.92 Å². The number of methoxy groups -OCH3 is 2. The molecule has 1 aromatic heterocycles. The van der Waals surface area contributed by atoms with Crippen LogP contribution in [0.5, 0.6) is 17.2 Å². The quantitative estimate of drug-likeness (QED) is 0.600. The molecule has 0 radical (unpaired) electrons. The minimum Gasteiger partial charge on any atom is -0.496 e. The number of nitro groups is 1. The Morgan fingerprint density at radius 2 is 1.91 bits per heavy atom. The largest absolute Gasteiger partial charge is 0.496 e. The van der Waals surface area contributed by atoms with Gasteiger partial charge in [0.15, 0.2) is 11.5 Å². The van der Waals surface area contributed by atoms with Crippen molar-refractivity contribution in [2.75, 3.05) is 14.2 Å². The van der Waals surface area contributed by atoms with E-state index >= 15 is 0 Å². The highest BCUT2D eigenvalue weighted by atomic mass is 16.6. The topological polar surface area (TPSA) is 83.7 Å². The molecule has 0 bridgehead atoms. The predicted molar refractivity (Wildman–Crippen MR) is 84.2 cm³/mol. The highest BCUT2D eigenvalue weighted by molar-refractivity contribution is 5.48. The third-order valence-electron chi connectivity index (χ3n) is 3.47. The monoisotopic (exact) mass is 318 g/mol. The van der Waals surface area contributed by atoms with Crippen molar-refractivity contribution in [3.63, 3.8) is 0 Å². The van der Waals surface area contributed by atoms with E-state index in [2.05, 4.69) is 4.98 Å². The molecule has 23 heavy (non-hydrogen) atoms. The number of aromatic nitrogens is 1. The molecule has 0 saturated heterocycles. The molecule has 7 nitrogen and oxygen atoms in total. The Labute approximate surface area is 134 Å². The van der Waals surface area contributed by atoms with Crippen LogP contribution < -0.4 is 14.2 Å². The fourth-order valence-corrected chi connectivity index (χ4v) is 2.25. The first-order chi connectivity index (χ1) is 11.0. The number of rotatable bonds is 6. The van der Waals surface area contributed by atoms with Crippen LogP contribution in [0.25, 0.3) is 0 Å². The minimum atomic E-state index is -0.483. The van der Waals surface area contributed by atoms with Gasteiger partial charge >= 0.3 is 0 Å². The van der Waals surface area contributed by atoms with Crippen molar-refractivity contribution in [1.82, 2.24) is 4.98 Å². The molecular weight excluding hydrogens is 300 g/mol. The molecule has 2 aromatic rings. The fraction of sp³-hybridized carbons (Fsp3) is 0.312. The zero-order valence-corrected chi connectivity index (χ0v) is 13.5. The molecule has 122 valence electrons. The van der Waals surface area contributed by atoms with E-state index in [1.54, 1.807) is 13.3 Å². The first-order valence-electron chi connectivity index (χ1n) is 6.92. The number of pyridine rings is 1. The lowest BCUT2D eigenvalue weighted by molar-refractivity contribution is -0.385. The number of hydrogen-bond donors (Lipinski definition) is 0. The number of aryl methyl sites for hydroxylation is 1. The molecule has 0 spiro atoms. The number of nitro benzene ring substituents is 1. The number of hydrogen-bond acceptors (Lipinski definition) is 6. The zero-order valence-electron chi connectivity index (χ0n) is 13.5. The SMILES string of the molecule is COc1cc([N+](=O)[O-])ccc1OCc1ncc(C)c(OC)c1C. The molecule has 0 amide bonds. The second kappa shape index (κ2) is 6.95. The fourth-order valence-electron chi connectivity index (χ4n) is 2.25. The van der Waals surface area contributed by atoms with Crippen molar-refractivity contribution >= 4 is 5.69 Å². The van der Waals surface area contributed by atoms with Gasteiger partial charge in [-0.25, -0.2) is 0 Å². The second-order valence-electron chi connectivity index (χ2n) is 4.93. The van der Waals surface area contributed by atoms with Crippen molar-refractivity contribution in [3.05, 3.63) is 51.3 Å². The van der Waals surface area contributed by atoms with Crippen LogP contribution in [-0.4, -0.2) is 24.1 Å². The Balaban J connectivity index is 2.23. The van der Waals surface area contributed by atoms with Crippen molar-refractivity contribution < 1.29 is 19.1 Å². The molecule has 1 aromatic carbocycles. The summed E-state index contributed by atoms with van der Waals surface area (Å²) >= 11 is 0. The Morgan fingerprint density at radius 1 is 1.17 bits per heavy atom. The van der Waals surface area contributed by atoms with Crippen LogP contribution in [0.1, 0.15) is 16.8 Å². The number of nitrogens with zero attached hydrogens (tertiary/aromatic N) is 2. The summed E-state index contributed by atoms with van der Waals surface area (Å²) < 4.78 is 16.2. The molecule has 0 aliphatic heterocycles. The summed E-state index contributed by atoms with van der Waals surface area (Å²) in [5, 5.41) is 10.8. The van der Waals surface area contributed by atoms with Gasteiger partial charge in [-0.15, -0.1) is 0 Å². The highest BCUT2D eigenvalue weighted by Gasteiger charge is 2.14. The van der Waals surface area contributed by atoms with Gasteiger partial charge in [0.25, 0.3) is 5.69 Å². The summed E-state index contributed by atoms with van der Waals surface area (Å²) in [7, 11) is 3.05. The van der Waals surface area contributed by atoms with E-state index in [9.17, 15) is 10.1 Å². The smallest absolute Gasteiger partial charge is 0.273 e. The summed E-state index contributed by atoms with van der Waals surface area (Å²) in [5.41, 5.74) is 2.52. The van der Waals surface area contributed by atoms with E-state index in [4.69, 9.17) is 14.2 Å². The van der Waals surface area contributed by atoms with Crippen LogP contribution in [0.3, 0.4) is 0 Å². The van der Waals surface area contributed by atoms with Crippen molar-refractivity contribution in [2.45, 2.75) is 20.5 Å². The molecule has 0 saturated carbocycles. The summed E-state index contributed by atoms with van der Waals surface area (Å²) in [6, 6.07) is 4.21. The average molecular weight is 318 g/mol. The molecular formula is C16H18N2O5. The van der Waals surface area contributed by atoms with Crippen LogP contribution in [-0.2, 0) is 6.61 Å². The molecule has 1 heterocycles. The van der Waals surface area contributed by atoms with Gasteiger partial charge in [-0.2, -0.15) is 0 Å². The summed E-state index contributed by atoms with van der Waals surface area (Å²) in [6.45, 7) is 4.03. The van der Waals surface area contributed by atoms with Crippen LogP contribution in [0, 0.1) is 24.0 Å². The molecule has 0 aliphatic rings. The van der Waals surface area contributed by atoms with Gasteiger partial charge < -0.3 is 14.2 Å². The van der Waals surface area contributed by atoms with Gasteiger partial charge in [-0.3, -0.25) is 15.1 Å². The summed E-state index contributed by atoms with van der Waals surface area (Å²) in [4.78, 5) is 14.7. The van der Waals surface area contributed by atoms with Crippen LogP contribution in [0.4, 0.5) is 5.69 Å². The number of ether oxygens (including phenoxy) is 3. The van der Waals surface area contributed by atoms with Crippen LogP contribution in [0.2, 0.25) is 0 Å². The van der Waals surface area contributed by atoms with Gasteiger partial charge in [0, 0.05) is 23.4 Å². The Morgan fingerprint density at radius 3 is 2.52 bits per heavy atom. The van der Waals surface area contributed by atoms with Crippen LogP contribution in [0.15, 0.2) is 24.4 Å². The molecule has 0 aliphatic carbocycles. The maximum atomic E-state index is 10.8. The summed E-state index contributed by atoms with van der Waals surface area (Å²) in [6.07, 6.45) is 1.72. The van der Waals surface area contributed by atoms with Gasteiger partial charge in [0.05, 0.1) is 30.9 Å². The molecule has 0 fully saturated rings.